The van der Waals surface area contributed by atoms with Gasteiger partial charge in [-0.15, -0.1) is 0 Å². The van der Waals surface area contributed by atoms with Crippen LogP contribution in [0.3, 0.4) is 0 Å². The Bertz CT molecular complexity index is 336. The second-order valence-electron chi connectivity index (χ2n) is 3.24. The van der Waals surface area contributed by atoms with Gasteiger partial charge in [-0.3, -0.25) is 0 Å². The van der Waals surface area contributed by atoms with E-state index in [0.29, 0.717) is 12.4 Å². The van der Waals surface area contributed by atoms with E-state index in [1.54, 1.807) is 0 Å². The van der Waals surface area contributed by atoms with Crippen molar-refractivity contribution in [2.45, 2.75) is 12.6 Å². The minimum Gasteiger partial charge on any atom is -0.479 e. The highest BCUT2D eigenvalue weighted by molar-refractivity contribution is 5.72. The van der Waals surface area contributed by atoms with Gasteiger partial charge in [0.25, 0.3) is 5.89 Å². The van der Waals surface area contributed by atoms with Crippen molar-refractivity contribution in [3.8, 4) is 0 Å². The minimum atomic E-state index is -1.20. The summed E-state index contributed by atoms with van der Waals surface area (Å²) >= 11 is 0. The predicted octanol–water partition coefficient (Wildman–Crippen LogP) is -0.0967. The van der Waals surface area contributed by atoms with Crippen LogP contribution in [0.5, 0.6) is 0 Å². The summed E-state index contributed by atoms with van der Waals surface area (Å²) < 4.78 is 9.49. The maximum atomic E-state index is 10.7. The third kappa shape index (κ3) is 3.00. The van der Waals surface area contributed by atoms with Gasteiger partial charge in [-0.25, -0.2) is 4.79 Å². The highest BCUT2D eigenvalue weighted by Gasteiger charge is 2.25. The Morgan fingerprint density at radius 1 is 1.67 bits per heavy atom. The zero-order valence-electron chi connectivity index (χ0n) is 8.80. The van der Waals surface area contributed by atoms with Gasteiger partial charge in [0.15, 0.2) is 5.82 Å². The third-order valence-corrected chi connectivity index (χ3v) is 1.63. The zero-order valence-corrected chi connectivity index (χ0v) is 8.80. The molecule has 15 heavy (non-hydrogen) atoms. The van der Waals surface area contributed by atoms with Crippen molar-refractivity contribution >= 4 is 5.97 Å². The van der Waals surface area contributed by atoms with Crippen LogP contribution in [0, 0.1) is 0 Å². The molecule has 0 saturated carbocycles. The van der Waals surface area contributed by atoms with E-state index in [2.05, 4.69) is 10.1 Å². The lowest BCUT2D eigenvalue weighted by molar-refractivity contribution is -0.150. The molecule has 0 amide bonds. The molecule has 0 aliphatic rings. The zero-order chi connectivity index (χ0) is 11.4. The van der Waals surface area contributed by atoms with Gasteiger partial charge in [0, 0.05) is 7.11 Å². The summed E-state index contributed by atoms with van der Waals surface area (Å²) in [5.41, 5.74) is 0. The standard InChI is InChI=1S/C8H13N3O4/c1-11(2)4-5-9-7(15-10-5)6(14-3)8(12)13/h6H,4H2,1-3H3,(H,12,13). The molecular formula is C8H13N3O4. The molecule has 0 aliphatic heterocycles. The Morgan fingerprint density at radius 3 is 2.80 bits per heavy atom. The van der Waals surface area contributed by atoms with Crippen LogP contribution in [-0.4, -0.2) is 47.3 Å². The van der Waals surface area contributed by atoms with Gasteiger partial charge in [0.05, 0.1) is 6.54 Å². The van der Waals surface area contributed by atoms with Crippen LogP contribution in [-0.2, 0) is 16.1 Å². The third-order valence-electron chi connectivity index (χ3n) is 1.63. The molecule has 1 N–H and O–H groups in total. The van der Waals surface area contributed by atoms with E-state index in [9.17, 15) is 4.79 Å². The summed E-state index contributed by atoms with van der Waals surface area (Å²) in [4.78, 5) is 16.5. The summed E-state index contributed by atoms with van der Waals surface area (Å²) in [6, 6.07) is 0. The second-order valence-corrected chi connectivity index (χ2v) is 3.24. The average molecular weight is 215 g/mol. The van der Waals surface area contributed by atoms with Crippen LogP contribution in [0.1, 0.15) is 17.8 Å². The SMILES string of the molecule is COC(C(=O)O)c1nc(CN(C)C)no1. The van der Waals surface area contributed by atoms with E-state index in [4.69, 9.17) is 14.4 Å². The van der Waals surface area contributed by atoms with Gasteiger partial charge in [-0.2, -0.15) is 4.98 Å². The highest BCUT2D eigenvalue weighted by atomic mass is 16.5. The van der Waals surface area contributed by atoms with E-state index in [-0.39, 0.29) is 5.89 Å². The first-order valence-electron chi connectivity index (χ1n) is 4.27. The average Bonchev–Trinajstić information content (AvgIpc) is 2.52. The maximum absolute atomic E-state index is 10.7. The number of aromatic nitrogens is 2. The molecule has 0 bridgehead atoms. The molecule has 0 fully saturated rings. The molecule has 0 radical (unpaired) electrons. The fourth-order valence-electron chi connectivity index (χ4n) is 1.03. The molecule has 1 aromatic heterocycles. The number of methoxy groups -OCH3 is 1. The summed E-state index contributed by atoms with van der Waals surface area (Å²) in [7, 11) is 4.97. The van der Waals surface area contributed by atoms with Crippen LogP contribution in [0.25, 0.3) is 0 Å². The van der Waals surface area contributed by atoms with Crippen molar-refractivity contribution in [1.29, 1.82) is 0 Å². The second kappa shape index (κ2) is 4.85. The van der Waals surface area contributed by atoms with E-state index >= 15 is 0 Å². The van der Waals surface area contributed by atoms with Gasteiger partial charge in [0.2, 0.25) is 6.10 Å². The Hall–Kier alpha value is -1.47. The number of carboxylic acids is 1. The molecule has 7 heteroatoms. The first-order valence-corrected chi connectivity index (χ1v) is 4.27. The number of aliphatic carboxylic acids is 1. The maximum Gasteiger partial charge on any atom is 0.342 e. The van der Waals surface area contributed by atoms with E-state index in [1.165, 1.54) is 7.11 Å². The van der Waals surface area contributed by atoms with Crippen LogP contribution >= 0.6 is 0 Å². The van der Waals surface area contributed by atoms with E-state index in [0.717, 1.165) is 0 Å². The van der Waals surface area contributed by atoms with Gasteiger partial charge >= 0.3 is 5.97 Å². The molecule has 7 nitrogen and oxygen atoms in total. The van der Waals surface area contributed by atoms with Crippen LogP contribution in [0.15, 0.2) is 4.52 Å². The number of hydrogen-bond acceptors (Lipinski definition) is 6. The topological polar surface area (TPSA) is 88.7 Å². The van der Waals surface area contributed by atoms with Gasteiger partial charge in [0.1, 0.15) is 0 Å². The fourth-order valence-corrected chi connectivity index (χ4v) is 1.03. The van der Waals surface area contributed by atoms with Crippen molar-refractivity contribution in [3.63, 3.8) is 0 Å². The smallest absolute Gasteiger partial charge is 0.342 e. The molecule has 0 spiro atoms. The number of rotatable bonds is 5. The Labute approximate surface area is 86.6 Å². The Kier molecular flexibility index (Phi) is 3.75. The first-order chi connectivity index (χ1) is 7.04. The minimum absolute atomic E-state index is 0.0400. The van der Waals surface area contributed by atoms with Crippen molar-refractivity contribution in [1.82, 2.24) is 15.0 Å². The van der Waals surface area contributed by atoms with Gasteiger partial charge in [-0.05, 0) is 14.1 Å². The molecule has 0 saturated heterocycles. The number of carboxylic acid groups (broad SMARTS) is 1. The largest absolute Gasteiger partial charge is 0.479 e. The van der Waals surface area contributed by atoms with Gasteiger partial charge < -0.3 is 19.3 Å². The number of carbonyl (C=O) groups is 1. The molecule has 1 unspecified atom stereocenters. The van der Waals surface area contributed by atoms with Gasteiger partial charge in [-0.1, -0.05) is 5.16 Å². The quantitative estimate of drug-likeness (QED) is 0.733. The summed E-state index contributed by atoms with van der Waals surface area (Å²) in [5, 5.41) is 12.4. The number of nitrogens with zero attached hydrogens (tertiary/aromatic N) is 3. The molecule has 1 heterocycles. The summed E-state index contributed by atoms with van der Waals surface area (Å²) in [5.74, 6) is -0.766. The van der Waals surface area contributed by atoms with Crippen molar-refractivity contribution in [2.24, 2.45) is 0 Å². The monoisotopic (exact) mass is 215 g/mol. The number of ether oxygens (including phenoxy) is 1. The normalized spacial score (nSPS) is 13.1. The van der Waals surface area contributed by atoms with E-state index in [1.807, 2.05) is 19.0 Å². The molecule has 1 rings (SSSR count). The molecule has 84 valence electrons. The summed E-state index contributed by atoms with van der Waals surface area (Å²) in [6.45, 7) is 0.486. The predicted molar refractivity (Wildman–Crippen MR) is 49.1 cm³/mol. The Balaban J connectivity index is 2.78. The molecule has 1 aromatic rings. The lowest BCUT2D eigenvalue weighted by Crippen LogP contribution is -2.15. The number of hydrogen-bond donors (Lipinski definition) is 1. The lowest BCUT2D eigenvalue weighted by Gasteiger charge is -2.04. The molecule has 0 aliphatic carbocycles. The van der Waals surface area contributed by atoms with E-state index < -0.39 is 12.1 Å². The summed E-state index contributed by atoms with van der Waals surface area (Å²) in [6.07, 6.45) is -1.20. The van der Waals surface area contributed by atoms with Crippen LogP contribution in [0.4, 0.5) is 0 Å². The van der Waals surface area contributed by atoms with Crippen molar-refractivity contribution < 1.29 is 19.2 Å². The van der Waals surface area contributed by atoms with Crippen molar-refractivity contribution in [3.05, 3.63) is 11.7 Å². The first kappa shape index (κ1) is 11.6. The molecule has 0 aromatic carbocycles. The molecule has 1 atom stereocenters. The van der Waals surface area contributed by atoms with Crippen molar-refractivity contribution in [2.75, 3.05) is 21.2 Å². The van der Waals surface area contributed by atoms with Crippen LogP contribution < -0.4 is 0 Å². The highest BCUT2D eigenvalue weighted by Crippen LogP contribution is 2.14. The molecular weight excluding hydrogens is 202 g/mol. The fraction of sp³-hybridized carbons (Fsp3) is 0.625. The lowest BCUT2D eigenvalue weighted by atomic mass is 10.3. The Morgan fingerprint density at radius 2 is 2.33 bits per heavy atom. The van der Waals surface area contributed by atoms with Crippen LogP contribution in [0.2, 0.25) is 0 Å².